The van der Waals surface area contributed by atoms with Gasteiger partial charge in [0.05, 0.1) is 0 Å². The Morgan fingerprint density at radius 3 is 2.60 bits per heavy atom. The van der Waals surface area contributed by atoms with E-state index in [4.69, 9.17) is 5.84 Å². The molecule has 1 aromatic carbocycles. The standard InChI is InChI=1S/C10H14FN3O/c1-7(13-10(15)14-12)6-8-2-4-9(11)5-3-8/h2-5,7H,6,12H2,1H3,(H2,13,14,15). The maximum Gasteiger partial charge on any atom is 0.329 e. The van der Waals surface area contributed by atoms with Gasteiger partial charge < -0.3 is 5.32 Å². The van der Waals surface area contributed by atoms with Gasteiger partial charge in [0, 0.05) is 6.04 Å². The van der Waals surface area contributed by atoms with Crippen molar-refractivity contribution in [2.45, 2.75) is 19.4 Å². The van der Waals surface area contributed by atoms with Gasteiger partial charge >= 0.3 is 6.03 Å². The molecule has 4 N–H and O–H groups in total. The van der Waals surface area contributed by atoms with E-state index in [-0.39, 0.29) is 11.9 Å². The van der Waals surface area contributed by atoms with Gasteiger partial charge in [-0.05, 0) is 31.0 Å². The second-order valence-electron chi connectivity index (χ2n) is 3.35. The molecule has 5 heteroatoms. The molecule has 0 saturated carbocycles. The van der Waals surface area contributed by atoms with Crippen molar-refractivity contribution in [3.05, 3.63) is 35.6 Å². The molecule has 0 bridgehead atoms. The first-order chi connectivity index (χ1) is 7.11. The van der Waals surface area contributed by atoms with Crippen LogP contribution in [0.25, 0.3) is 0 Å². The third kappa shape index (κ3) is 3.95. The largest absolute Gasteiger partial charge is 0.334 e. The monoisotopic (exact) mass is 211 g/mol. The summed E-state index contributed by atoms with van der Waals surface area (Å²) in [5.74, 6) is 4.66. The van der Waals surface area contributed by atoms with E-state index in [2.05, 4.69) is 5.32 Å². The minimum absolute atomic E-state index is 0.0565. The van der Waals surface area contributed by atoms with Crippen LogP contribution in [0.3, 0.4) is 0 Å². The summed E-state index contributed by atoms with van der Waals surface area (Å²) >= 11 is 0. The average Bonchev–Trinajstić information content (AvgIpc) is 2.21. The van der Waals surface area contributed by atoms with Gasteiger partial charge in [-0.2, -0.15) is 0 Å². The highest BCUT2D eigenvalue weighted by Crippen LogP contribution is 2.05. The lowest BCUT2D eigenvalue weighted by Crippen LogP contribution is -2.44. The number of benzene rings is 1. The number of urea groups is 1. The van der Waals surface area contributed by atoms with Crippen LogP contribution in [-0.4, -0.2) is 12.1 Å². The molecule has 15 heavy (non-hydrogen) atoms. The molecule has 0 aromatic heterocycles. The first-order valence-electron chi connectivity index (χ1n) is 4.63. The van der Waals surface area contributed by atoms with Crippen molar-refractivity contribution in [3.63, 3.8) is 0 Å². The van der Waals surface area contributed by atoms with E-state index in [1.54, 1.807) is 12.1 Å². The average molecular weight is 211 g/mol. The summed E-state index contributed by atoms with van der Waals surface area (Å²) in [6, 6.07) is 5.68. The van der Waals surface area contributed by atoms with Crippen molar-refractivity contribution in [1.82, 2.24) is 10.7 Å². The molecule has 1 atom stereocenters. The van der Waals surface area contributed by atoms with Crippen molar-refractivity contribution in [3.8, 4) is 0 Å². The van der Waals surface area contributed by atoms with Gasteiger partial charge in [-0.3, -0.25) is 5.43 Å². The Kier molecular flexibility index (Phi) is 4.05. The first kappa shape index (κ1) is 11.5. The van der Waals surface area contributed by atoms with Crippen molar-refractivity contribution in [1.29, 1.82) is 0 Å². The van der Waals surface area contributed by atoms with Crippen molar-refractivity contribution >= 4 is 6.03 Å². The fourth-order valence-corrected chi connectivity index (χ4v) is 1.29. The van der Waals surface area contributed by atoms with E-state index in [1.165, 1.54) is 12.1 Å². The Morgan fingerprint density at radius 2 is 2.07 bits per heavy atom. The van der Waals surface area contributed by atoms with Crippen LogP contribution in [0.2, 0.25) is 0 Å². The molecule has 0 aliphatic carbocycles. The van der Waals surface area contributed by atoms with Crippen LogP contribution in [0.1, 0.15) is 12.5 Å². The lowest BCUT2D eigenvalue weighted by atomic mass is 10.1. The Labute approximate surface area is 87.6 Å². The summed E-state index contributed by atoms with van der Waals surface area (Å²) in [7, 11) is 0. The van der Waals surface area contributed by atoms with Crippen LogP contribution in [0.5, 0.6) is 0 Å². The smallest absolute Gasteiger partial charge is 0.329 e. The van der Waals surface area contributed by atoms with E-state index in [0.29, 0.717) is 6.42 Å². The number of carbonyl (C=O) groups excluding carboxylic acids is 1. The van der Waals surface area contributed by atoms with Gasteiger partial charge in [-0.25, -0.2) is 15.0 Å². The highest BCUT2D eigenvalue weighted by molar-refractivity contribution is 5.73. The highest BCUT2D eigenvalue weighted by Gasteiger charge is 2.06. The summed E-state index contributed by atoms with van der Waals surface area (Å²) in [6.45, 7) is 1.85. The predicted octanol–water partition coefficient (Wildman–Crippen LogP) is 0.930. The third-order valence-electron chi connectivity index (χ3n) is 1.96. The molecule has 2 amide bonds. The summed E-state index contributed by atoms with van der Waals surface area (Å²) in [4.78, 5) is 10.9. The number of hydrogen-bond donors (Lipinski definition) is 3. The predicted molar refractivity (Wildman–Crippen MR) is 55.4 cm³/mol. The molecule has 82 valence electrons. The van der Waals surface area contributed by atoms with E-state index in [0.717, 1.165) is 5.56 Å². The number of rotatable bonds is 3. The lowest BCUT2D eigenvalue weighted by Gasteiger charge is -2.13. The van der Waals surface area contributed by atoms with Gasteiger partial charge in [-0.1, -0.05) is 12.1 Å². The number of nitrogens with one attached hydrogen (secondary N) is 2. The number of halogens is 1. The second kappa shape index (κ2) is 5.31. The van der Waals surface area contributed by atoms with Gasteiger partial charge in [0.1, 0.15) is 5.82 Å². The van der Waals surface area contributed by atoms with Crippen LogP contribution in [0.4, 0.5) is 9.18 Å². The van der Waals surface area contributed by atoms with E-state index in [9.17, 15) is 9.18 Å². The summed E-state index contributed by atoms with van der Waals surface area (Å²) < 4.78 is 12.6. The molecule has 0 aliphatic heterocycles. The van der Waals surface area contributed by atoms with Gasteiger partial charge in [0.2, 0.25) is 0 Å². The number of hydrogen-bond acceptors (Lipinski definition) is 2. The SMILES string of the molecule is CC(Cc1ccc(F)cc1)NC(=O)NN. The minimum atomic E-state index is -0.426. The Morgan fingerprint density at radius 1 is 1.47 bits per heavy atom. The van der Waals surface area contributed by atoms with Crippen LogP contribution >= 0.6 is 0 Å². The van der Waals surface area contributed by atoms with Crippen molar-refractivity contribution in [2.75, 3.05) is 0 Å². The number of hydrazine groups is 1. The van der Waals surface area contributed by atoms with Gasteiger partial charge in [-0.15, -0.1) is 0 Å². The van der Waals surface area contributed by atoms with Gasteiger partial charge in [0.15, 0.2) is 0 Å². The molecule has 4 nitrogen and oxygen atoms in total. The number of amides is 2. The van der Waals surface area contributed by atoms with E-state index in [1.807, 2.05) is 12.3 Å². The van der Waals surface area contributed by atoms with Crippen molar-refractivity contribution in [2.24, 2.45) is 5.84 Å². The molecule has 1 aromatic rings. The molecule has 1 rings (SSSR count). The maximum atomic E-state index is 12.6. The van der Waals surface area contributed by atoms with Crippen LogP contribution in [-0.2, 0) is 6.42 Å². The fraction of sp³-hybridized carbons (Fsp3) is 0.300. The normalized spacial score (nSPS) is 11.9. The molecule has 1 unspecified atom stereocenters. The molecule has 0 saturated heterocycles. The number of nitrogens with two attached hydrogens (primary N) is 1. The lowest BCUT2D eigenvalue weighted by molar-refractivity contribution is 0.238. The molecular weight excluding hydrogens is 197 g/mol. The van der Waals surface area contributed by atoms with E-state index >= 15 is 0 Å². The summed E-state index contributed by atoms with van der Waals surface area (Å²) in [5.41, 5.74) is 2.94. The quantitative estimate of drug-likeness (QED) is 0.395. The minimum Gasteiger partial charge on any atom is -0.334 e. The topological polar surface area (TPSA) is 67.2 Å². The van der Waals surface area contributed by atoms with Gasteiger partial charge in [0.25, 0.3) is 0 Å². The fourth-order valence-electron chi connectivity index (χ4n) is 1.29. The van der Waals surface area contributed by atoms with Crippen LogP contribution in [0, 0.1) is 5.82 Å². The highest BCUT2D eigenvalue weighted by atomic mass is 19.1. The van der Waals surface area contributed by atoms with Crippen LogP contribution in [0.15, 0.2) is 24.3 Å². The van der Waals surface area contributed by atoms with E-state index < -0.39 is 6.03 Å². The third-order valence-corrected chi connectivity index (χ3v) is 1.96. The second-order valence-corrected chi connectivity index (χ2v) is 3.35. The zero-order valence-electron chi connectivity index (χ0n) is 8.46. The zero-order chi connectivity index (χ0) is 11.3. The van der Waals surface area contributed by atoms with Crippen molar-refractivity contribution < 1.29 is 9.18 Å². The Hall–Kier alpha value is -1.62. The molecule has 0 aliphatic rings. The molecule has 0 spiro atoms. The molecular formula is C10H14FN3O. The molecule has 0 heterocycles. The maximum absolute atomic E-state index is 12.6. The van der Waals surface area contributed by atoms with Crippen LogP contribution < -0.4 is 16.6 Å². The molecule has 0 fully saturated rings. The molecule has 0 radical (unpaired) electrons. The Bertz CT molecular complexity index is 326. The zero-order valence-corrected chi connectivity index (χ0v) is 8.46. The number of carbonyl (C=O) groups is 1. The Balaban J connectivity index is 2.47. The summed E-state index contributed by atoms with van der Waals surface area (Å²) in [5, 5.41) is 2.62. The first-order valence-corrected chi connectivity index (χ1v) is 4.63. The summed E-state index contributed by atoms with van der Waals surface area (Å²) in [6.07, 6.45) is 0.633.